The number of benzene rings is 2. The highest BCUT2D eigenvalue weighted by Crippen LogP contribution is 2.33. The number of fused-ring (bicyclic) bond motifs is 1. The van der Waals surface area contributed by atoms with Crippen LogP contribution >= 0.6 is 0 Å². The normalized spacial score (nSPS) is 19.0. The van der Waals surface area contributed by atoms with Crippen LogP contribution in [0.3, 0.4) is 0 Å². The predicted octanol–water partition coefficient (Wildman–Crippen LogP) is 2.33. The maximum Gasteiger partial charge on any atom is 0.265 e. The summed E-state index contributed by atoms with van der Waals surface area (Å²) >= 11 is 0. The second kappa shape index (κ2) is 6.83. The number of amides is 2. The first-order chi connectivity index (χ1) is 13.3. The van der Waals surface area contributed by atoms with Gasteiger partial charge in [0.15, 0.2) is 6.10 Å². The summed E-state index contributed by atoms with van der Waals surface area (Å²) in [5, 5.41) is 2.68. The smallest absolute Gasteiger partial charge is 0.265 e. The van der Waals surface area contributed by atoms with Crippen molar-refractivity contribution < 1.29 is 22.7 Å². The van der Waals surface area contributed by atoms with Crippen molar-refractivity contribution in [2.45, 2.75) is 30.8 Å². The van der Waals surface area contributed by atoms with Crippen molar-refractivity contribution in [1.29, 1.82) is 0 Å². The minimum atomic E-state index is -3.82. The summed E-state index contributed by atoms with van der Waals surface area (Å²) in [6, 6.07) is 10.9. The molecule has 2 aromatic carbocycles. The molecule has 28 heavy (non-hydrogen) atoms. The Morgan fingerprint density at radius 3 is 2.57 bits per heavy atom. The first-order valence-electron chi connectivity index (χ1n) is 8.88. The van der Waals surface area contributed by atoms with Gasteiger partial charge in [0.05, 0.1) is 16.3 Å². The number of rotatable bonds is 4. The van der Waals surface area contributed by atoms with Crippen LogP contribution in [-0.2, 0) is 19.6 Å². The van der Waals surface area contributed by atoms with E-state index in [2.05, 4.69) is 10.0 Å². The fourth-order valence-corrected chi connectivity index (χ4v) is 4.26. The third-order valence-electron chi connectivity index (χ3n) is 4.69. The Morgan fingerprint density at radius 1 is 1.14 bits per heavy atom. The fourth-order valence-electron chi connectivity index (χ4n) is 3.21. The van der Waals surface area contributed by atoms with E-state index < -0.39 is 16.1 Å². The lowest BCUT2D eigenvalue weighted by Gasteiger charge is -2.23. The lowest BCUT2D eigenvalue weighted by atomic mass is 10.2. The van der Waals surface area contributed by atoms with Gasteiger partial charge in [-0.3, -0.25) is 14.3 Å². The molecule has 0 aliphatic carbocycles. The molecule has 146 valence electrons. The number of hydrogen-bond acceptors (Lipinski definition) is 5. The van der Waals surface area contributed by atoms with Gasteiger partial charge in [0.2, 0.25) is 5.91 Å². The van der Waals surface area contributed by atoms with E-state index in [0.29, 0.717) is 35.8 Å². The van der Waals surface area contributed by atoms with Gasteiger partial charge in [0.25, 0.3) is 15.9 Å². The first-order valence-corrected chi connectivity index (χ1v) is 10.4. The van der Waals surface area contributed by atoms with E-state index in [1.807, 2.05) is 0 Å². The average molecular weight is 401 g/mol. The topological polar surface area (TPSA) is 105 Å². The molecule has 2 aliphatic rings. The number of sulfonamides is 1. The Bertz CT molecular complexity index is 1050. The van der Waals surface area contributed by atoms with Crippen LogP contribution < -0.4 is 19.7 Å². The molecule has 0 spiro atoms. The summed E-state index contributed by atoms with van der Waals surface area (Å²) in [6.07, 6.45) is 0.715. The zero-order chi connectivity index (χ0) is 19.9. The number of hydrogen-bond donors (Lipinski definition) is 2. The molecule has 0 unspecified atom stereocenters. The molecule has 1 saturated heterocycles. The Hall–Kier alpha value is -3.07. The van der Waals surface area contributed by atoms with Crippen LogP contribution in [0.1, 0.15) is 19.8 Å². The fraction of sp³-hybridized carbons (Fsp3) is 0.263. The largest absolute Gasteiger partial charge is 0.479 e. The summed E-state index contributed by atoms with van der Waals surface area (Å²) < 4.78 is 33.3. The highest BCUT2D eigenvalue weighted by Gasteiger charge is 2.25. The summed E-state index contributed by atoms with van der Waals surface area (Å²) in [5.74, 6) is 0.232. The van der Waals surface area contributed by atoms with Gasteiger partial charge in [-0.15, -0.1) is 0 Å². The van der Waals surface area contributed by atoms with Gasteiger partial charge in [-0.1, -0.05) is 0 Å². The van der Waals surface area contributed by atoms with Crippen LogP contribution in [0.25, 0.3) is 0 Å². The lowest BCUT2D eigenvalue weighted by molar-refractivity contribution is -0.122. The van der Waals surface area contributed by atoms with Crippen molar-refractivity contribution in [3.8, 4) is 5.75 Å². The van der Waals surface area contributed by atoms with Gasteiger partial charge in [0.1, 0.15) is 5.75 Å². The van der Waals surface area contributed by atoms with E-state index in [0.717, 1.165) is 6.42 Å². The van der Waals surface area contributed by atoms with Crippen molar-refractivity contribution in [1.82, 2.24) is 0 Å². The molecule has 0 aromatic heterocycles. The van der Waals surface area contributed by atoms with Crippen molar-refractivity contribution in [3.05, 3.63) is 42.5 Å². The monoisotopic (exact) mass is 401 g/mol. The molecule has 8 nitrogen and oxygen atoms in total. The maximum absolute atomic E-state index is 12.7. The van der Waals surface area contributed by atoms with Crippen LogP contribution in [0.2, 0.25) is 0 Å². The van der Waals surface area contributed by atoms with Gasteiger partial charge in [-0.25, -0.2) is 8.42 Å². The van der Waals surface area contributed by atoms with E-state index in [4.69, 9.17) is 4.74 Å². The zero-order valence-corrected chi connectivity index (χ0v) is 16.0. The molecule has 2 aromatic rings. The van der Waals surface area contributed by atoms with Crippen LogP contribution in [0, 0.1) is 0 Å². The van der Waals surface area contributed by atoms with Crippen LogP contribution in [0.15, 0.2) is 47.4 Å². The Labute approximate surface area is 162 Å². The highest BCUT2D eigenvalue weighted by molar-refractivity contribution is 7.92. The van der Waals surface area contributed by atoms with E-state index in [1.54, 1.807) is 36.1 Å². The van der Waals surface area contributed by atoms with Gasteiger partial charge < -0.3 is 15.0 Å². The van der Waals surface area contributed by atoms with E-state index in [1.165, 1.54) is 18.2 Å². The molecule has 1 fully saturated rings. The highest BCUT2D eigenvalue weighted by atomic mass is 32.2. The van der Waals surface area contributed by atoms with E-state index in [9.17, 15) is 18.0 Å². The molecule has 4 rings (SSSR count). The number of ether oxygens (including phenoxy) is 1. The van der Waals surface area contributed by atoms with Crippen LogP contribution in [0.5, 0.6) is 5.75 Å². The van der Waals surface area contributed by atoms with Crippen molar-refractivity contribution in [2.24, 2.45) is 0 Å². The van der Waals surface area contributed by atoms with Crippen molar-refractivity contribution >= 4 is 38.9 Å². The molecule has 0 saturated carbocycles. The summed E-state index contributed by atoms with van der Waals surface area (Å²) in [6.45, 7) is 2.28. The molecule has 0 bridgehead atoms. The van der Waals surface area contributed by atoms with Gasteiger partial charge >= 0.3 is 0 Å². The minimum absolute atomic E-state index is 0.0429. The second-order valence-corrected chi connectivity index (χ2v) is 8.39. The number of nitrogens with zero attached hydrogens (tertiary/aromatic N) is 1. The summed E-state index contributed by atoms with van der Waals surface area (Å²) in [5.41, 5.74) is 1.39. The average Bonchev–Trinajstić information content (AvgIpc) is 3.09. The van der Waals surface area contributed by atoms with Crippen molar-refractivity contribution in [2.75, 3.05) is 21.5 Å². The number of carbonyl (C=O) groups is 2. The molecular weight excluding hydrogens is 382 g/mol. The zero-order valence-electron chi connectivity index (χ0n) is 15.1. The van der Waals surface area contributed by atoms with E-state index >= 15 is 0 Å². The number of anilines is 3. The molecule has 0 radical (unpaired) electrons. The molecule has 2 heterocycles. The molecule has 2 aliphatic heterocycles. The van der Waals surface area contributed by atoms with Gasteiger partial charge in [0, 0.05) is 18.7 Å². The molecule has 2 amide bonds. The minimum Gasteiger partial charge on any atom is -0.479 e. The second-order valence-electron chi connectivity index (χ2n) is 6.71. The third kappa shape index (κ3) is 3.40. The third-order valence-corrected chi connectivity index (χ3v) is 6.09. The van der Waals surface area contributed by atoms with E-state index in [-0.39, 0.29) is 16.7 Å². The Kier molecular flexibility index (Phi) is 4.46. The SMILES string of the molecule is C[C@@H]1Oc2ccc(NS(=O)(=O)c3ccc(N4CCCC4=O)cc3)cc2NC1=O. The Morgan fingerprint density at radius 2 is 1.89 bits per heavy atom. The first kappa shape index (κ1) is 18.3. The van der Waals surface area contributed by atoms with Gasteiger partial charge in [-0.2, -0.15) is 0 Å². The van der Waals surface area contributed by atoms with Gasteiger partial charge in [-0.05, 0) is 55.8 Å². The molecule has 9 heteroatoms. The molecule has 1 atom stereocenters. The predicted molar refractivity (Wildman–Crippen MR) is 104 cm³/mol. The lowest BCUT2D eigenvalue weighted by Crippen LogP contribution is -2.34. The standard InChI is InChI=1S/C19H19N3O5S/c1-12-19(24)20-16-11-13(4-9-17(16)27-12)21-28(25,26)15-7-5-14(6-8-15)22-10-2-3-18(22)23/h4-9,11-12,21H,2-3,10H2,1H3,(H,20,24)/t12-/m0/s1. The summed E-state index contributed by atoms with van der Waals surface area (Å²) in [4.78, 5) is 25.3. The quantitative estimate of drug-likeness (QED) is 0.818. The maximum atomic E-state index is 12.7. The molecular formula is C19H19N3O5S. The van der Waals surface area contributed by atoms with Crippen LogP contribution in [-0.4, -0.2) is 32.9 Å². The number of carbonyl (C=O) groups excluding carboxylic acids is 2. The summed E-state index contributed by atoms with van der Waals surface area (Å²) in [7, 11) is -3.82. The number of nitrogens with one attached hydrogen (secondary N) is 2. The van der Waals surface area contributed by atoms with Crippen LogP contribution in [0.4, 0.5) is 17.1 Å². The molecule has 2 N–H and O–H groups in total. The Balaban J connectivity index is 1.54. The van der Waals surface area contributed by atoms with Crippen molar-refractivity contribution in [3.63, 3.8) is 0 Å².